The van der Waals surface area contributed by atoms with Crippen molar-refractivity contribution in [1.29, 1.82) is 0 Å². The maximum Gasteiger partial charge on any atom is 0.255 e. The summed E-state index contributed by atoms with van der Waals surface area (Å²) in [6.07, 6.45) is 1.92. The molecule has 0 unspecified atom stereocenters. The number of hydrogen-bond donors (Lipinski definition) is 2. The molecule has 2 N–H and O–H groups in total. The molecule has 0 spiro atoms. The minimum absolute atomic E-state index is 0.121. The van der Waals surface area contributed by atoms with Crippen LogP contribution in [0.1, 0.15) is 33.6 Å². The van der Waals surface area contributed by atoms with E-state index in [0.29, 0.717) is 28.4 Å². The summed E-state index contributed by atoms with van der Waals surface area (Å²) in [5.41, 5.74) is 2.74. The topological polar surface area (TPSA) is 83.1 Å². The van der Waals surface area contributed by atoms with E-state index in [2.05, 4.69) is 26.5 Å². The molecule has 0 aliphatic carbocycles. The van der Waals surface area contributed by atoms with Crippen molar-refractivity contribution >= 4 is 34.8 Å². The maximum absolute atomic E-state index is 12.5. The van der Waals surface area contributed by atoms with Crippen molar-refractivity contribution in [2.75, 3.05) is 63.7 Å². The smallest absolute Gasteiger partial charge is 0.255 e. The number of ether oxygens (including phenoxy) is 2. The van der Waals surface area contributed by atoms with Gasteiger partial charge < -0.3 is 25.0 Å². The minimum Gasteiger partial charge on any atom is -0.497 e. The van der Waals surface area contributed by atoms with Crippen LogP contribution < -0.4 is 25.0 Å². The minimum atomic E-state index is -0.253. The van der Waals surface area contributed by atoms with Gasteiger partial charge in [0.15, 0.2) is 0 Å². The van der Waals surface area contributed by atoms with E-state index in [-0.39, 0.29) is 11.8 Å². The van der Waals surface area contributed by atoms with Crippen molar-refractivity contribution in [1.82, 2.24) is 10.2 Å². The Bertz CT molecular complexity index is 1260. The van der Waals surface area contributed by atoms with E-state index in [9.17, 15) is 9.59 Å². The number of benzene rings is 3. The normalized spacial score (nSPS) is 13.6. The Hall–Kier alpha value is -3.75. The molecule has 1 fully saturated rings. The molecule has 0 atom stereocenters. The van der Waals surface area contributed by atoms with Crippen LogP contribution in [0.5, 0.6) is 11.5 Å². The van der Waals surface area contributed by atoms with E-state index in [4.69, 9.17) is 21.1 Å². The highest BCUT2D eigenvalue weighted by Crippen LogP contribution is 2.32. The third-order valence-electron chi connectivity index (χ3n) is 6.78. The average Bonchev–Trinajstić information content (AvgIpc) is 2.97. The van der Waals surface area contributed by atoms with Crippen molar-refractivity contribution in [2.45, 2.75) is 12.8 Å². The van der Waals surface area contributed by atoms with Crippen LogP contribution in [0.4, 0.5) is 11.4 Å². The Kier molecular flexibility index (Phi) is 10.1. The van der Waals surface area contributed by atoms with Crippen LogP contribution >= 0.6 is 11.6 Å². The van der Waals surface area contributed by atoms with Crippen LogP contribution in [0.15, 0.2) is 66.7 Å². The lowest BCUT2D eigenvalue weighted by atomic mass is 10.1. The predicted molar refractivity (Wildman–Crippen MR) is 156 cm³/mol. The third-order valence-corrected chi connectivity index (χ3v) is 7.01. The number of methoxy groups -OCH3 is 2. The molecule has 39 heavy (non-hydrogen) atoms. The van der Waals surface area contributed by atoms with Crippen LogP contribution in [0.25, 0.3) is 0 Å². The SMILES string of the molecule is COc1ccc(N2CCN(CCCCNC(=O)c3ccc(NC(=O)c4cccc(Cl)c4)cc3)CC2)c(OC)c1. The zero-order chi connectivity index (χ0) is 27.6. The lowest BCUT2D eigenvalue weighted by molar-refractivity contribution is 0.0952. The molecule has 9 heteroatoms. The number of piperazine rings is 1. The van der Waals surface area contributed by atoms with Crippen molar-refractivity contribution in [2.24, 2.45) is 0 Å². The van der Waals surface area contributed by atoms with Gasteiger partial charge in [-0.1, -0.05) is 17.7 Å². The van der Waals surface area contributed by atoms with Crippen molar-refractivity contribution < 1.29 is 19.1 Å². The molecule has 0 bridgehead atoms. The van der Waals surface area contributed by atoms with E-state index in [1.807, 2.05) is 12.1 Å². The summed E-state index contributed by atoms with van der Waals surface area (Å²) in [6.45, 7) is 5.48. The molecule has 1 aliphatic heterocycles. The van der Waals surface area contributed by atoms with Gasteiger partial charge >= 0.3 is 0 Å². The summed E-state index contributed by atoms with van der Waals surface area (Å²) in [7, 11) is 3.34. The fourth-order valence-corrected chi connectivity index (χ4v) is 4.75. The van der Waals surface area contributed by atoms with Crippen LogP contribution in [-0.4, -0.2) is 70.2 Å². The summed E-state index contributed by atoms with van der Waals surface area (Å²) in [4.78, 5) is 29.7. The lowest BCUT2D eigenvalue weighted by Gasteiger charge is -2.36. The zero-order valence-electron chi connectivity index (χ0n) is 22.4. The summed E-state index contributed by atoms with van der Waals surface area (Å²) < 4.78 is 10.9. The van der Waals surface area contributed by atoms with Gasteiger partial charge in [0.25, 0.3) is 11.8 Å². The molecule has 3 aromatic carbocycles. The summed E-state index contributed by atoms with van der Waals surface area (Å²) in [5, 5.41) is 6.31. The van der Waals surface area contributed by atoms with E-state index in [1.165, 1.54) is 0 Å². The molecule has 1 saturated heterocycles. The second-order valence-electron chi connectivity index (χ2n) is 9.37. The van der Waals surface area contributed by atoms with Crippen LogP contribution in [0.3, 0.4) is 0 Å². The highest BCUT2D eigenvalue weighted by molar-refractivity contribution is 6.31. The van der Waals surface area contributed by atoms with Gasteiger partial charge in [-0.2, -0.15) is 0 Å². The van der Waals surface area contributed by atoms with Gasteiger partial charge in [-0.25, -0.2) is 0 Å². The number of carbonyl (C=O) groups excluding carboxylic acids is 2. The zero-order valence-corrected chi connectivity index (χ0v) is 23.2. The second-order valence-corrected chi connectivity index (χ2v) is 9.81. The van der Waals surface area contributed by atoms with Gasteiger partial charge in [-0.05, 0) is 74.0 Å². The molecule has 0 aromatic heterocycles. The summed E-state index contributed by atoms with van der Waals surface area (Å²) in [5.74, 6) is 1.24. The van der Waals surface area contributed by atoms with E-state index < -0.39 is 0 Å². The molecule has 206 valence electrons. The van der Waals surface area contributed by atoms with Gasteiger partial charge in [0.1, 0.15) is 11.5 Å². The summed E-state index contributed by atoms with van der Waals surface area (Å²) >= 11 is 5.96. The molecule has 1 heterocycles. The van der Waals surface area contributed by atoms with Crippen molar-refractivity contribution in [3.63, 3.8) is 0 Å². The first-order valence-electron chi connectivity index (χ1n) is 13.1. The Morgan fingerprint density at radius 2 is 1.62 bits per heavy atom. The molecule has 2 amide bonds. The van der Waals surface area contributed by atoms with E-state index >= 15 is 0 Å². The molecular weight excluding hydrogens is 516 g/mol. The molecule has 0 radical (unpaired) electrons. The Morgan fingerprint density at radius 1 is 0.846 bits per heavy atom. The average molecular weight is 551 g/mol. The number of nitrogens with zero attached hydrogens (tertiary/aromatic N) is 2. The number of anilines is 2. The second kappa shape index (κ2) is 13.9. The first kappa shape index (κ1) is 28.3. The maximum atomic E-state index is 12.5. The molecule has 3 aromatic rings. The lowest BCUT2D eigenvalue weighted by Crippen LogP contribution is -2.46. The van der Waals surface area contributed by atoms with Crippen molar-refractivity contribution in [3.8, 4) is 11.5 Å². The largest absolute Gasteiger partial charge is 0.497 e. The Labute approximate surface area is 234 Å². The van der Waals surface area contributed by atoms with Crippen LogP contribution in [0.2, 0.25) is 5.02 Å². The molecule has 0 saturated carbocycles. The third kappa shape index (κ3) is 7.88. The highest BCUT2D eigenvalue weighted by Gasteiger charge is 2.20. The monoisotopic (exact) mass is 550 g/mol. The molecule has 1 aliphatic rings. The van der Waals surface area contributed by atoms with Gasteiger partial charge in [0.05, 0.1) is 19.9 Å². The number of carbonyl (C=O) groups is 2. The molecule has 8 nitrogen and oxygen atoms in total. The van der Waals surface area contributed by atoms with Gasteiger partial charge in [-0.3, -0.25) is 14.5 Å². The first-order chi connectivity index (χ1) is 19.0. The Morgan fingerprint density at radius 3 is 2.31 bits per heavy atom. The fourth-order valence-electron chi connectivity index (χ4n) is 4.56. The van der Waals surface area contributed by atoms with Gasteiger partial charge in [0, 0.05) is 60.6 Å². The van der Waals surface area contributed by atoms with Crippen LogP contribution in [-0.2, 0) is 0 Å². The van der Waals surface area contributed by atoms with E-state index in [0.717, 1.165) is 62.8 Å². The van der Waals surface area contributed by atoms with Gasteiger partial charge in [-0.15, -0.1) is 0 Å². The number of rotatable bonds is 11. The fraction of sp³-hybridized carbons (Fsp3) is 0.333. The predicted octanol–water partition coefficient (Wildman–Crippen LogP) is 4.94. The quantitative estimate of drug-likeness (QED) is 0.329. The summed E-state index contributed by atoms with van der Waals surface area (Å²) in [6, 6.07) is 19.6. The van der Waals surface area contributed by atoms with Crippen LogP contribution in [0, 0.1) is 0 Å². The van der Waals surface area contributed by atoms with Crippen molar-refractivity contribution in [3.05, 3.63) is 82.9 Å². The highest BCUT2D eigenvalue weighted by atomic mass is 35.5. The number of unbranched alkanes of at least 4 members (excludes halogenated alkanes) is 1. The number of halogens is 1. The number of nitrogens with one attached hydrogen (secondary N) is 2. The number of amides is 2. The molecule has 4 rings (SSSR count). The Balaban J connectivity index is 1.13. The standard InChI is InChI=1S/C30H35ClN4O4/c1-38-26-12-13-27(28(21-26)39-2)35-18-16-34(17-19-35)15-4-3-14-32-29(36)22-8-10-25(11-9-22)33-30(37)23-6-5-7-24(31)20-23/h5-13,20-21H,3-4,14-19H2,1-2H3,(H,32,36)(H,33,37). The van der Waals surface area contributed by atoms with E-state index in [1.54, 1.807) is 62.8 Å². The van der Waals surface area contributed by atoms with Gasteiger partial charge in [0.2, 0.25) is 0 Å². The first-order valence-corrected chi connectivity index (χ1v) is 13.5. The number of hydrogen-bond acceptors (Lipinski definition) is 6. The molecular formula is C30H35ClN4O4.